The van der Waals surface area contributed by atoms with Crippen LogP contribution in [0.2, 0.25) is 0 Å². The summed E-state index contributed by atoms with van der Waals surface area (Å²) < 4.78 is 0. The minimum atomic E-state index is -0.0554. The molecule has 1 aromatic carbocycles. The second-order valence-corrected chi connectivity index (χ2v) is 4.13. The van der Waals surface area contributed by atoms with E-state index in [9.17, 15) is 9.90 Å². The highest BCUT2D eigenvalue weighted by Gasteiger charge is 2.05. The highest BCUT2D eigenvalue weighted by molar-refractivity contribution is 7.14. The van der Waals surface area contributed by atoms with Gasteiger partial charge >= 0.3 is 0 Å². The fourth-order valence-electron chi connectivity index (χ4n) is 1.20. The number of carbonyl (C=O) groups excluding carboxylic acids is 1. The number of rotatable bonds is 3. The quantitative estimate of drug-likeness (QED) is 0.801. The molecule has 5 heteroatoms. The Morgan fingerprint density at radius 1 is 1.50 bits per heavy atom. The third-order valence-electron chi connectivity index (χ3n) is 1.96. The SMILES string of the molecule is CC(=O)c1csc(Nc2cccc(O)c2)n1. The summed E-state index contributed by atoms with van der Waals surface area (Å²) >= 11 is 1.35. The molecule has 2 aromatic rings. The summed E-state index contributed by atoms with van der Waals surface area (Å²) in [6, 6.07) is 6.73. The molecule has 0 unspecified atom stereocenters. The molecule has 0 amide bonds. The number of Topliss-reactive ketones (excluding diaryl/α,β-unsaturated/α-hetero) is 1. The van der Waals surface area contributed by atoms with Crippen molar-refractivity contribution < 1.29 is 9.90 Å². The number of hydrogen-bond acceptors (Lipinski definition) is 5. The largest absolute Gasteiger partial charge is 0.508 e. The maximum absolute atomic E-state index is 11.0. The molecule has 0 saturated carbocycles. The van der Waals surface area contributed by atoms with Gasteiger partial charge in [0.1, 0.15) is 11.4 Å². The monoisotopic (exact) mass is 234 g/mol. The zero-order chi connectivity index (χ0) is 11.5. The van der Waals surface area contributed by atoms with Crippen LogP contribution in [0.25, 0.3) is 0 Å². The predicted molar refractivity (Wildman–Crippen MR) is 63.5 cm³/mol. The van der Waals surface area contributed by atoms with Gasteiger partial charge in [-0.05, 0) is 12.1 Å². The van der Waals surface area contributed by atoms with E-state index in [4.69, 9.17) is 0 Å². The third kappa shape index (κ3) is 2.38. The standard InChI is InChI=1S/C11H10N2O2S/c1-7(14)10-6-16-11(13-10)12-8-3-2-4-9(15)5-8/h2-6,15H,1H3,(H,12,13). The summed E-state index contributed by atoms with van der Waals surface area (Å²) in [6.07, 6.45) is 0. The zero-order valence-electron chi connectivity index (χ0n) is 8.60. The number of aromatic nitrogens is 1. The van der Waals surface area contributed by atoms with Crippen LogP contribution in [0.5, 0.6) is 5.75 Å². The molecule has 0 spiro atoms. The van der Waals surface area contributed by atoms with Crippen LogP contribution in [0.15, 0.2) is 29.6 Å². The van der Waals surface area contributed by atoms with Gasteiger partial charge in [-0.15, -0.1) is 11.3 Å². The molecule has 0 bridgehead atoms. The Morgan fingerprint density at radius 3 is 2.94 bits per heavy atom. The van der Waals surface area contributed by atoms with E-state index in [1.165, 1.54) is 18.3 Å². The first-order valence-electron chi connectivity index (χ1n) is 4.67. The average Bonchev–Trinajstić information content (AvgIpc) is 2.66. The van der Waals surface area contributed by atoms with Crippen LogP contribution in [0.4, 0.5) is 10.8 Å². The zero-order valence-corrected chi connectivity index (χ0v) is 9.41. The van der Waals surface area contributed by atoms with E-state index in [0.29, 0.717) is 10.8 Å². The van der Waals surface area contributed by atoms with E-state index in [1.54, 1.807) is 23.6 Å². The lowest BCUT2D eigenvalue weighted by Gasteiger charge is -2.01. The molecule has 2 N–H and O–H groups in total. The van der Waals surface area contributed by atoms with Gasteiger partial charge in [-0.3, -0.25) is 4.79 Å². The Labute approximate surface area is 96.6 Å². The van der Waals surface area contributed by atoms with Crippen LogP contribution in [0, 0.1) is 0 Å². The van der Waals surface area contributed by atoms with Crippen molar-refractivity contribution in [3.63, 3.8) is 0 Å². The summed E-state index contributed by atoms with van der Waals surface area (Å²) in [4.78, 5) is 15.2. The lowest BCUT2D eigenvalue weighted by atomic mass is 10.3. The fraction of sp³-hybridized carbons (Fsp3) is 0.0909. The molecule has 1 heterocycles. The van der Waals surface area contributed by atoms with E-state index < -0.39 is 0 Å². The van der Waals surface area contributed by atoms with Crippen molar-refractivity contribution in [1.82, 2.24) is 4.98 Å². The summed E-state index contributed by atoms with van der Waals surface area (Å²) in [5, 5.41) is 14.6. The van der Waals surface area contributed by atoms with Crippen LogP contribution in [0.1, 0.15) is 17.4 Å². The molecule has 0 aliphatic heterocycles. The topological polar surface area (TPSA) is 62.2 Å². The molecule has 1 aromatic heterocycles. The number of nitrogens with zero attached hydrogens (tertiary/aromatic N) is 1. The number of phenolic OH excluding ortho intramolecular Hbond substituents is 1. The van der Waals surface area contributed by atoms with E-state index >= 15 is 0 Å². The van der Waals surface area contributed by atoms with Crippen LogP contribution < -0.4 is 5.32 Å². The van der Waals surface area contributed by atoms with Crippen molar-refractivity contribution in [2.45, 2.75) is 6.92 Å². The number of carbonyl (C=O) groups is 1. The Hall–Kier alpha value is -1.88. The number of anilines is 2. The molecule has 4 nitrogen and oxygen atoms in total. The van der Waals surface area contributed by atoms with Crippen LogP contribution in [-0.2, 0) is 0 Å². The van der Waals surface area contributed by atoms with Crippen LogP contribution in [-0.4, -0.2) is 15.9 Å². The fourth-order valence-corrected chi connectivity index (χ4v) is 1.97. The highest BCUT2D eigenvalue weighted by Crippen LogP contribution is 2.23. The molecular weight excluding hydrogens is 224 g/mol. The van der Waals surface area contributed by atoms with Gasteiger partial charge in [0.05, 0.1) is 0 Å². The van der Waals surface area contributed by atoms with E-state index in [2.05, 4.69) is 10.3 Å². The Morgan fingerprint density at radius 2 is 2.31 bits per heavy atom. The van der Waals surface area contributed by atoms with Crippen molar-refractivity contribution >= 4 is 27.9 Å². The number of thiazole rings is 1. The average molecular weight is 234 g/mol. The van der Waals surface area contributed by atoms with Crippen LogP contribution >= 0.6 is 11.3 Å². The first-order valence-corrected chi connectivity index (χ1v) is 5.55. The molecule has 82 valence electrons. The Balaban J connectivity index is 2.17. The minimum absolute atomic E-state index is 0.0554. The first-order chi connectivity index (χ1) is 7.65. The number of benzene rings is 1. The van der Waals surface area contributed by atoms with Crippen molar-refractivity contribution in [1.29, 1.82) is 0 Å². The van der Waals surface area contributed by atoms with Gasteiger partial charge in [-0.1, -0.05) is 6.07 Å². The van der Waals surface area contributed by atoms with Gasteiger partial charge in [-0.2, -0.15) is 0 Å². The molecule has 0 atom stereocenters. The molecule has 0 saturated heterocycles. The van der Waals surface area contributed by atoms with Crippen LogP contribution in [0.3, 0.4) is 0 Å². The molecule has 0 aliphatic carbocycles. The first kappa shape index (κ1) is 10.6. The van der Waals surface area contributed by atoms with Gasteiger partial charge in [0.15, 0.2) is 10.9 Å². The van der Waals surface area contributed by atoms with Crippen molar-refractivity contribution in [2.75, 3.05) is 5.32 Å². The Kier molecular flexibility index (Phi) is 2.87. The summed E-state index contributed by atoms with van der Waals surface area (Å²) in [5.41, 5.74) is 1.19. The Bertz CT molecular complexity index is 522. The summed E-state index contributed by atoms with van der Waals surface area (Å²) in [6.45, 7) is 1.48. The second kappa shape index (κ2) is 4.32. The predicted octanol–water partition coefficient (Wildman–Crippen LogP) is 2.79. The van der Waals surface area contributed by atoms with Crippen molar-refractivity contribution in [3.05, 3.63) is 35.3 Å². The molecule has 0 fully saturated rings. The third-order valence-corrected chi connectivity index (χ3v) is 2.72. The molecule has 2 rings (SSSR count). The highest BCUT2D eigenvalue weighted by atomic mass is 32.1. The number of nitrogens with one attached hydrogen (secondary N) is 1. The number of ketones is 1. The van der Waals surface area contributed by atoms with Gasteiger partial charge < -0.3 is 10.4 Å². The number of phenols is 1. The maximum atomic E-state index is 11.0. The number of aromatic hydroxyl groups is 1. The van der Waals surface area contributed by atoms with Gasteiger partial charge in [0.25, 0.3) is 0 Å². The van der Waals surface area contributed by atoms with Gasteiger partial charge in [0.2, 0.25) is 0 Å². The van der Waals surface area contributed by atoms with E-state index in [-0.39, 0.29) is 11.5 Å². The van der Waals surface area contributed by atoms with Gasteiger partial charge in [0, 0.05) is 24.1 Å². The molecule has 0 radical (unpaired) electrons. The molecular formula is C11H10N2O2S. The lowest BCUT2D eigenvalue weighted by Crippen LogP contribution is -1.93. The van der Waals surface area contributed by atoms with E-state index in [0.717, 1.165) is 5.69 Å². The summed E-state index contributed by atoms with van der Waals surface area (Å²) in [5.74, 6) is 0.133. The summed E-state index contributed by atoms with van der Waals surface area (Å²) in [7, 11) is 0. The molecule has 0 aliphatic rings. The van der Waals surface area contributed by atoms with Gasteiger partial charge in [-0.25, -0.2) is 4.98 Å². The maximum Gasteiger partial charge on any atom is 0.187 e. The second-order valence-electron chi connectivity index (χ2n) is 3.27. The van der Waals surface area contributed by atoms with Crippen molar-refractivity contribution in [3.8, 4) is 5.75 Å². The normalized spacial score (nSPS) is 10.1. The van der Waals surface area contributed by atoms with Crippen molar-refractivity contribution in [2.24, 2.45) is 0 Å². The smallest absolute Gasteiger partial charge is 0.187 e. The minimum Gasteiger partial charge on any atom is -0.508 e. The molecule has 16 heavy (non-hydrogen) atoms. The van der Waals surface area contributed by atoms with E-state index in [1.807, 2.05) is 6.07 Å². The number of hydrogen-bond donors (Lipinski definition) is 2. The lowest BCUT2D eigenvalue weighted by molar-refractivity contribution is 0.101.